The van der Waals surface area contributed by atoms with E-state index in [0.717, 1.165) is 38.1 Å². The first-order chi connectivity index (χ1) is 15.7. The van der Waals surface area contributed by atoms with Crippen molar-refractivity contribution in [1.82, 2.24) is 14.8 Å². The number of ether oxygens (including phenoxy) is 1. The van der Waals surface area contributed by atoms with E-state index in [1.54, 1.807) is 0 Å². The molecule has 0 saturated carbocycles. The molecule has 3 aromatic rings. The minimum atomic E-state index is -0.0540. The minimum absolute atomic E-state index is 0.0540. The molecule has 0 spiro atoms. The number of carbonyl (C=O) groups excluding carboxylic acids is 1. The van der Waals surface area contributed by atoms with E-state index in [1.807, 2.05) is 24.3 Å². The van der Waals surface area contributed by atoms with Crippen LogP contribution in [-0.4, -0.2) is 35.1 Å². The molecule has 1 unspecified atom stereocenters. The number of nitrogens with one attached hydrogen (secondary N) is 1. The number of carbonyl (C=O) groups is 1. The van der Waals surface area contributed by atoms with E-state index < -0.39 is 0 Å². The van der Waals surface area contributed by atoms with Crippen LogP contribution in [0.3, 0.4) is 0 Å². The molecule has 1 aliphatic rings. The smallest absolute Gasteiger partial charge is 0.251 e. The number of hydrogen-bond acceptors (Lipinski definition) is 3. The van der Waals surface area contributed by atoms with Crippen LogP contribution in [0.15, 0.2) is 66.9 Å². The predicted molar refractivity (Wildman–Crippen MR) is 128 cm³/mol. The number of rotatable bonds is 9. The maximum absolute atomic E-state index is 12.9. The summed E-state index contributed by atoms with van der Waals surface area (Å²) in [6.07, 6.45) is 5.24. The van der Waals surface area contributed by atoms with Gasteiger partial charge in [-0.1, -0.05) is 37.6 Å². The zero-order valence-electron chi connectivity index (χ0n) is 19.1. The Morgan fingerprint density at radius 3 is 2.56 bits per heavy atom. The van der Waals surface area contributed by atoms with Gasteiger partial charge in [0.15, 0.2) is 0 Å². The zero-order valence-corrected chi connectivity index (χ0v) is 19.1. The number of hydrogen-bond donors (Lipinski definition) is 1. The number of amides is 1. The van der Waals surface area contributed by atoms with Gasteiger partial charge in [0.2, 0.25) is 0 Å². The molecule has 1 aromatic heterocycles. The van der Waals surface area contributed by atoms with E-state index in [0.29, 0.717) is 18.7 Å². The molecule has 5 heteroatoms. The summed E-state index contributed by atoms with van der Waals surface area (Å²) in [7, 11) is 2.07. The van der Waals surface area contributed by atoms with Crippen LogP contribution in [0, 0.1) is 0 Å². The van der Waals surface area contributed by atoms with E-state index in [4.69, 9.17) is 4.74 Å². The molecule has 1 atom stereocenters. The predicted octanol–water partition coefficient (Wildman–Crippen LogP) is 4.73. The summed E-state index contributed by atoms with van der Waals surface area (Å²) in [6, 6.07) is 20.4. The van der Waals surface area contributed by atoms with Crippen molar-refractivity contribution in [3.8, 4) is 5.75 Å². The largest absolute Gasteiger partial charge is 0.494 e. The van der Waals surface area contributed by atoms with Crippen LogP contribution >= 0.6 is 0 Å². The molecule has 1 aliphatic heterocycles. The summed E-state index contributed by atoms with van der Waals surface area (Å²) >= 11 is 0. The van der Waals surface area contributed by atoms with Gasteiger partial charge in [-0.05, 0) is 60.4 Å². The summed E-state index contributed by atoms with van der Waals surface area (Å²) in [4.78, 5) is 15.4. The fourth-order valence-corrected chi connectivity index (χ4v) is 4.35. The Balaban J connectivity index is 1.43. The van der Waals surface area contributed by atoms with Gasteiger partial charge in [-0.3, -0.25) is 9.69 Å². The summed E-state index contributed by atoms with van der Waals surface area (Å²) in [5, 5.41) is 3.17. The lowest BCUT2D eigenvalue weighted by Crippen LogP contribution is -2.41. The minimum Gasteiger partial charge on any atom is -0.494 e. The molecule has 0 aliphatic carbocycles. The van der Waals surface area contributed by atoms with Crippen LogP contribution in [0.4, 0.5) is 0 Å². The first kappa shape index (κ1) is 22.2. The molecule has 0 radical (unpaired) electrons. The Morgan fingerprint density at radius 2 is 1.84 bits per heavy atom. The van der Waals surface area contributed by atoms with Crippen molar-refractivity contribution in [2.75, 3.05) is 19.7 Å². The molecular weight excluding hydrogens is 398 g/mol. The lowest BCUT2D eigenvalue weighted by atomic mass is 9.97. The maximum Gasteiger partial charge on any atom is 0.251 e. The summed E-state index contributed by atoms with van der Waals surface area (Å²) in [6.45, 7) is 5.29. The lowest BCUT2D eigenvalue weighted by molar-refractivity contribution is 0.0925. The van der Waals surface area contributed by atoms with E-state index >= 15 is 0 Å². The number of fused-ring (bicyclic) bond motifs is 1. The topological polar surface area (TPSA) is 46.5 Å². The van der Waals surface area contributed by atoms with Gasteiger partial charge in [-0.15, -0.1) is 0 Å². The highest BCUT2D eigenvalue weighted by Crippen LogP contribution is 2.28. The third kappa shape index (κ3) is 5.22. The summed E-state index contributed by atoms with van der Waals surface area (Å²) in [5.41, 5.74) is 4.68. The Morgan fingerprint density at radius 1 is 1.06 bits per heavy atom. The Kier molecular flexibility index (Phi) is 7.28. The molecular formula is C27H33N3O2. The average molecular weight is 432 g/mol. The monoisotopic (exact) mass is 431 g/mol. The highest BCUT2D eigenvalue weighted by molar-refractivity contribution is 5.94. The van der Waals surface area contributed by atoms with E-state index in [1.165, 1.54) is 16.8 Å². The van der Waals surface area contributed by atoms with E-state index in [9.17, 15) is 4.79 Å². The van der Waals surface area contributed by atoms with E-state index in [2.05, 4.69) is 71.4 Å². The van der Waals surface area contributed by atoms with Crippen molar-refractivity contribution in [3.63, 3.8) is 0 Å². The molecule has 168 valence electrons. The second-order valence-electron chi connectivity index (χ2n) is 8.49. The summed E-state index contributed by atoms with van der Waals surface area (Å²) < 4.78 is 7.86. The van der Waals surface area contributed by atoms with Crippen LogP contribution in [0.2, 0.25) is 0 Å². The molecule has 2 aromatic carbocycles. The van der Waals surface area contributed by atoms with Crippen LogP contribution < -0.4 is 10.1 Å². The normalized spacial score (nSPS) is 14.6. The quantitative estimate of drug-likeness (QED) is 0.498. The molecule has 0 fully saturated rings. The second kappa shape index (κ2) is 10.5. The molecule has 0 saturated heterocycles. The number of aryl methyl sites for hydroxylation is 1. The van der Waals surface area contributed by atoms with Crippen molar-refractivity contribution in [3.05, 3.63) is 89.2 Å². The molecule has 1 N–H and O–H groups in total. The van der Waals surface area contributed by atoms with E-state index in [-0.39, 0.29) is 11.9 Å². The summed E-state index contributed by atoms with van der Waals surface area (Å²) in [5.74, 6) is 0.755. The second-order valence-corrected chi connectivity index (χ2v) is 8.49. The zero-order chi connectivity index (χ0) is 22.3. The molecule has 2 heterocycles. The third-order valence-electron chi connectivity index (χ3n) is 6.27. The number of nitrogens with zero attached hydrogens (tertiary/aromatic N) is 2. The number of aromatic nitrogens is 1. The lowest BCUT2D eigenvalue weighted by Gasteiger charge is -2.36. The SMILES string of the molecule is CCCCOc1ccc(C(=O)NCC(c2cccn2C)N2CCc3ccccc3C2)cc1. The van der Waals surface area contributed by atoms with Gasteiger partial charge in [0.05, 0.1) is 12.6 Å². The number of unbranched alkanes of at least 4 members (excludes halogenated alkanes) is 1. The fourth-order valence-electron chi connectivity index (χ4n) is 4.35. The van der Waals surface area contributed by atoms with Crippen molar-refractivity contribution in [2.24, 2.45) is 7.05 Å². The maximum atomic E-state index is 12.9. The molecule has 1 amide bonds. The van der Waals surface area contributed by atoms with Gasteiger partial charge < -0.3 is 14.6 Å². The molecule has 0 bridgehead atoms. The van der Waals surface area contributed by atoms with Crippen molar-refractivity contribution in [2.45, 2.75) is 38.8 Å². The van der Waals surface area contributed by atoms with Crippen LogP contribution in [0.1, 0.15) is 53.0 Å². The number of benzene rings is 2. The van der Waals surface area contributed by atoms with Crippen molar-refractivity contribution in [1.29, 1.82) is 0 Å². The molecule has 5 nitrogen and oxygen atoms in total. The fraction of sp³-hybridized carbons (Fsp3) is 0.370. The Bertz CT molecular complexity index is 1030. The standard InChI is InChI=1S/C27H33N3O2/c1-3-4-18-32-24-13-11-22(12-14-24)27(31)28-19-26(25-10-7-16-29(25)2)30-17-15-21-8-5-6-9-23(21)20-30/h5-14,16,26H,3-4,15,17-20H2,1-2H3,(H,28,31). The van der Waals surface area contributed by atoms with Gasteiger partial charge in [0.25, 0.3) is 5.91 Å². The van der Waals surface area contributed by atoms with Crippen molar-refractivity contribution < 1.29 is 9.53 Å². The Hall–Kier alpha value is -3.05. The first-order valence-electron chi connectivity index (χ1n) is 11.6. The molecule has 32 heavy (non-hydrogen) atoms. The highest BCUT2D eigenvalue weighted by atomic mass is 16.5. The Labute approximate surface area is 191 Å². The third-order valence-corrected chi connectivity index (χ3v) is 6.27. The van der Waals surface area contributed by atoms with Gasteiger partial charge >= 0.3 is 0 Å². The van der Waals surface area contributed by atoms with Crippen LogP contribution in [0.25, 0.3) is 0 Å². The highest BCUT2D eigenvalue weighted by Gasteiger charge is 2.26. The average Bonchev–Trinajstić information content (AvgIpc) is 3.25. The molecule has 4 rings (SSSR count). The van der Waals surface area contributed by atoms with Gasteiger partial charge in [-0.2, -0.15) is 0 Å². The first-order valence-corrected chi connectivity index (χ1v) is 11.6. The van der Waals surface area contributed by atoms with Crippen LogP contribution in [-0.2, 0) is 20.0 Å². The van der Waals surface area contributed by atoms with Crippen LogP contribution in [0.5, 0.6) is 5.75 Å². The van der Waals surface area contributed by atoms with Crippen molar-refractivity contribution >= 4 is 5.91 Å². The van der Waals surface area contributed by atoms with Gasteiger partial charge in [0, 0.05) is 44.1 Å². The van der Waals surface area contributed by atoms with Gasteiger partial charge in [0.1, 0.15) is 5.75 Å². The van der Waals surface area contributed by atoms with Gasteiger partial charge in [-0.25, -0.2) is 0 Å².